The van der Waals surface area contributed by atoms with Gasteiger partial charge >= 0.3 is 5.97 Å². The number of carbonyl (C=O) groups is 1. The molecule has 116 valence electrons. The van der Waals surface area contributed by atoms with E-state index in [1.807, 2.05) is 6.07 Å². The van der Waals surface area contributed by atoms with Crippen molar-refractivity contribution in [1.82, 2.24) is 20.2 Å². The van der Waals surface area contributed by atoms with Crippen LogP contribution < -0.4 is 5.32 Å². The van der Waals surface area contributed by atoms with Gasteiger partial charge in [-0.3, -0.25) is 0 Å². The summed E-state index contributed by atoms with van der Waals surface area (Å²) in [5, 5.41) is 32.8. The number of aromatic carboxylic acids is 1. The van der Waals surface area contributed by atoms with E-state index >= 15 is 0 Å². The molecule has 8 heteroatoms. The summed E-state index contributed by atoms with van der Waals surface area (Å²) >= 11 is 0. The highest BCUT2D eigenvalue weighted by atomic mass is 16.4. The maximum Gasteiger partial charge on any atom is 0.335 e. The van der Waals surface area contributed by atoms with Crippen molar-refractivity contribution in [3.8, 4) is 11.4 Å². The summed E-state index contributed by atoms with van der Waals surface area (Å²) in [6, 6.07) is 13.1. The zero-order valence-electron chi connectivity index (χ0n) is 11.9. The van der Waals surface area contributed by atoms with Crippen LogP contribution in [0.4, 0.5) is 5.95 Å². The van der Waals surface area contributed by atoms with Gasteiger partial charge in [-0.05, 0) is 52.4 Å². The number of carboxylic acids is 1. The van der Waals surface area contributed by atoms with Gasteiger partial charge in [0.05, 0.1) is 11.3 Å². The molecule has 0 aliphatic rings. The lowest BCUT2D eigenvalue weighted by Crippen LogP contribution is -2.07. The lowest BCUT2D eigenvalue weighted by molar-refractivity contribution is 0.0697. The average molecular weight is 311 g/mol. The molecular weight excluding hydrogens is 298 g/mol. The average Bonchev–Trinajstić information content (AvgIpc) is 3.01. The first kappa shape index (κ1) is 14.5. The number of rotatable bonds is 5. The predicted octanol–water partition coefficient (Wildman–Crippen LogP) is 1.68. The smallest absolute Gasteiger partial charge is 0.335 e. The van der Waals surface area contributed by atoms with E-state index in [9.17, 15) is 9.90 Å². The number of benzene rings is 2. The number of phenolic OH excluding ortho intramolecular Hbond substituents is 1. The van der Waals surface area contributed by atoms with Gasteiger partial charge in [0, 0.05) is 6.54 Å². The Bertz CT molecular complexity index is 829. The fraction of sp³-hybridized carbons (Fsp3) is 0.0667. The molecule has 0 saturated carbocycles. The topological polar surface area (TPSA) is 113 Å². The van der Waals surface area contributed by atoms with Crippen molar-refractivity contribution in [3.63, 3.8) is 0 Å². The Balaban J connectivity index is 1.78. The Labute approximate surface area is 131 Å². The zero-order chi connectivity index (χ0) is 16.2. The van der Waals surface area contributed by atoms with Crippen molar-refractivity contribution < 1.29 is 15.0 Å². The minimum Gasteiger partial charge on any atom is -0.508 e. The van der Waals surface area contributed by atoms with Crippen molar-refractivity contribution >= 4 is 11.9 Å². The minimum atomic E-state index is -0.990. The summed E-state index contributed by atoms with van der Waals surface area (Å²) in [6.45, 7) is 0.433. The third-order valence-corrected chi connectivity index (χ3v) is 3.19. The van der Waals surface area contributed by atoms with E-state index < -0.39 is 5.97 Å². The Kier molecular flexibility index (Phi) is 3.88. The van der Waals surface area contributed by atoms with Crippen LogP contribution in [0.2, 0.25) is 0 Å². The number of aromatic hydroxyl groups is 1. The Morgan fingerprint density at radius 1 is 1.17 bits per heavy atom. The highest BCUT2D eigenvalue weighted by Crippen LogP contribution is 2.15. The quantitative estimate of drug-likeness (QED) is 0.657. The normalized spacial score (nSPS) is 10.4. The second kappa shape index (κ2) is 6.14. The van der Waals surface area contributed by atoms with Gasteiger partial charge in [0.15, 0.2) is 0 Å². The Hall–Kier alpha value is -3.42. The van der Waals surface area contributed by atoms with Crippen LogP contribution in [-0.2, 0) is 6.54 Å². The summed E-state index contributed by atoms with van der Waals surface area (Å²) in [5.41, 5.74) is 1.70. The van der Waals surface area contributed by atoms with Crippen molar-refractivity contribution in [2.75, 3.05) is 5.32 Å². The van der Waals surface area contributed by atoms with Crippen LogP contribution >= 0.6 is 0 Å². The number of hydrogen-bond acceptors (Lipinski definition) is 6. The Morgan fingerprint density at radius 2 is 1.96 bits per heavy atom. The number of nitrogens with one attached hydrogen (secondary N) is 1. The number of carboxylic acid groups (broad SMARTS) is 1. The zero-order valence-corrected chi connectivity index (χ0v) is 11.9. The molecule has 3 N–H and O–H groups in total. The molecule has 1 aromatic heterocycles. The molecule has 0 spiro atoms. The van der Waals surface area contributed by atoms with E-state index in [2.05, 4.69) is 20.8 Å². The summed E-state index contributed by atoms with van der Waals surface area (Å²) in [5.74, 6) is -0.389. The van der Waals surface area contributed by atoms with Crippen LogP contribution in [0.3, 0.4) is 0 Å². The van der Waals surface area contributed by atoms with E-state index in [0.717, 1.165) is 5.56 Å². The summed E-state index contributed by atoms with van der Waals surface area (Å²) < 4.78 is 1.47. The van der Waals surface area contributed by atoms with Gasteiger partial charge < -0.3 is 15.5 Å². The molecule has 0 fully saturated rings. The standard InChI is InChI=1S/C15H13N5O3/c21-13-3-1-2-10(8-13)9-16-15-17-18-19-20(15)12-6-4-11(5-7-12)14(22)23/h1-8,21H,9H2,(H,22,23)(H,16,17,19). The SMILES string of the molecule is O=C(O)c1ccc(-n2nnnc2NCc2cccc(O)c2)cc1. The van der Waals surface area contributed by atoms with Crippen molar-refractivity contribution in [1.29, 1.82) is 0 Å². The molecule has 0 atom stereocenters. The number of hydrogen-bond donors (Lipinski definition) is 3. The Morgan fingerprint density at radius 3 is 2.65 bits per heavy atom. The summed E-state index contributed by atoms with van der Waals surface area (Å²) in [7, 11) is 0. The molecule has 3 rings (SSSR count). The van der Waals surface area contributed by atoms with Gasteiger partial charge in [-0.1, -0.05) is 17.2 Å². The number of phenols is 1. The van der Waals surface area contributed by atoms with E-state index in [1.165, 1.54) is 16.8 Å². The lowest BCUT2D eigenvalue weighted by Gasteiger charge is -2.07. The third kappa shape index (κ3) is 3.26. The summed E-state index contributed by atoms with van der Waals surface area (Å²) in [6.07, 6.45) is 0. The monoisotopic (exact) mass is 311 g/mol. The molecule has 23 heavy (non-hydrogen) atoms. The maximum absolute atomic E-state index is 10.9. The fourth-order valence-corrected chi connectivity index (χ4v) is 2.06. The van der Waals surface area contributed by atoms with Crippen molar-refractivity contribution in [2.45, 2.75) is 6.54 Å². The van der Waals surface area contributed by atoms with Gasteiger partial charge in [-0.2, -0.15) is 4.68 Å². The van der Waals surface area contributed by atoms with Crippen LogP contribution in [0.15, 0.2) is 48.5 Å². The molecule has 0 bridgehead atoms. The molecule has 0 saturated heterocycles. The van der Waals surface area contributed by atoms with E-state index in [1.54, 1.807) is 30.3 Å². The number of anilines is 1. The third-order valence-electron chi connectivity index (χ3n) is 3.19. The van der Waals surface area contributed by atoms with Crippen LogP contribution in [-0.4, -0.2) is 36.4 Å². The molecule has 0 amide bonds. The highest BCUT2D eigenvalue weighted by molar-refractivity contribution is 5.87. The largest absolute Gasteiger partial charge is 0.508 e. The first-order valence-electron chi connectivity index (χ1n) is 6.77. The molecule has 8 nitrogen and oxygen atoms in total. The molecule has 3 aromatic rings. The molecule has 1 heterocycles. The summed E-state index contributed by atoms with van der Waals surface area (Å²) in [4.78, 5) is 10.9. The molecular formula is C15H13N5O3. The molecule has 0 unspecified atom stereocenters. The first-order valence-corrected chi connectivity index (χ1v) is 6.77. The lowest BCUT2D eigenvalue weighted by atomic mass is 10.2. The molecule has 2 aromatic carbocycles. The van der Waals surface area contributed by atoms with Crippen LogP contribution in [0.1, 0.15) is 15.9 Å². The van der Waals surface area contributed by atoms with E-state index in [4.69, 9.17) is 5.11 Å². The van der Waals surface area contributed by atoms with Gasteiger partial charge in [0.2, 0.25) is 5.95 Å². The van der Waals surface area contributed by atoms with Gasteiger partial charge in [-0.25, -0.2) is 4.79 Å². The molecule has 0 aliphatic carbocycles. The number of nitrogens with zero attached hydrogens (tertiary/aromatic N) is 4. The van der Waals surface area contributed by atoms with E-state index in [-0.39, 0.29) is 11.3 Å². The predicted molar refractivity (Wildman–Crippen MR) is 81.5 cm³/mol. The van der Waals surface area contributed by atoms with Gasteiger partial charge in [-0.15, -0.1) is 0 Å². The van der Waals surface area contributed by atoms with E-state index in [0.29, 0.717) is 18.2 Å². The van der Waals surface area contributed by atoms with Crippen LogP contribution in [0.25, 0.3) is 5.69 Å². The van der Waals surface area contributed by atoms with Crippen molar-refractivity contribution in [2.24, 2.45) is 0 Å². The first-order chi connectivity index (χ1) is 11.1. The molecule has 0 radical (unpaired) electrons. The second-order valence-corrected chi connectivity index (χ2v) is 4.79. The molecule has 0 aliphatic heterocycles. The highest BCUT2D eigenvalue weighted by Gasteiger charge is 2.09. The van der Waals surface area contributed by atoms with Crippen LogP contribution in [0.5, 0.6) is 5.75 Å². The van der Waals surface area contributed by atoms with Crippen molar-refractivity contribution in [3.05, 3.63) is 59.7 Å². The van der Waals surface area contributed by atoms with Gasteiger partial charge in [0.1, 0.15) is 5.75 Å². The van der Waals surface area contributed by atoms with Crippen LogP contribution in [0, 0.1) is 0 Å². The number of aromatic nitrogens is 4. The maximum atomic E-state index is 10.9. The number of tetrazole rings is 1. The van der Waals surface area contributed by atoms with Gasteiger partial charge in [0.25, 0.3) is 0 Å². The fourth-order valence-electron chi connectivity index (χ4n) is 2.06. The minimum absolute atomic E-state index is 0.188. The second-order valence-electron chi connectivity index (χ2n) is 4.79.